The minimum Gasteiger partial charge on any atom is -0.477 e. The number of hydrogen-bond acceptors (Lipinski definition) is 5. The van der Waals surface area contributed by atoms with Crippen LogP contribution in [0.2, 0.25) is 0 Å². The van der Waals surface area contributed by atoms with Crippen LogP contribution in [0, 0.1) is 11.6 Å². The molecule has 1 aliphatic rings. The van der Waals surface area contributed by atoms with Gasteiger partial charge in [-0.1, -0.05) is 5.10 Å². The van der Waals surface area contributed by atoms with Crippen LogP contribution in [0.1, 0.15) is 11.6 Å². The van der Waals surface area contributed by atoms with Crippen molar-refractivity contribution in [1.29, 1.82) is 0 Å². The Labute approximate surface area is 110 Å². The van der Waals surface area contributed by atoms with Crippen LogP contribution in [0.25, 0.3) is 0 Å². The first-order valence-corrected chi connectivity index (χ1v) is 5.51. The number of nitrogens with zero attached hydrogens (tertiary/aromatic N) is 4. The van der Waals surface area contributed by atoms with Crippen molar-refractivity contribution in [3.63, 3.8) is 0 Å². The van der Waals surface area contributed by atoms with E-state index in [9.17, 15) is 13.6 Å². The van der Waals surface area contributed by atoms with Crippen LogP contribution in [-0.4, -0.2) is 31.3 Å². The molecule has 0 spiro atoms. The van der Waals surface area contributed by atoms with Gasteiger partial charge in [-0.05, 0) is 34.7 Å². The molecule has 0 saturated heterocycles. The standard InChI is InChI=1S/C11H7F2N5O2/c12-5-1-2-7(13)6(3-5)9-4-8(10(19)20)14-11-15-16-17-18(9)11/h1-4,9H,(H,19,20)(H,14,15,17)/t9-/m1/s1. The number of hydrogen-bond donors (Lipinski definition) is 2. The van der Waals surface area contributed by atoms with Gasteiger partial charge in [0.2, 0.25) is 5.95 Å². The molecule has 7 nitrogen and oxygen atoms in total. The lowest BCUT2D eigenvalue weighted by Crippen LogP contribution is -2.25. The topological polar surface area (TPSA) is 92.9 Å². The van der Waals surface area contributed by atoms with Crippen LogP contribution in [-0.2, 0) is 4.79 Å². The highest BCUT2D eigenvalue weighted by atomic mass is 19.1. The number of nitrogens with one attached hydrogen (secondary N) is 1. The fourth-order valence-electron chi connectivity index (χ4n) is 1.94. The Balaban J connectivity index is 2.17. The first-order valence-electron chi connectivity index (χ1n) is 5.51. The van der Waals surface area contributed by atoms with Crippen LogP contribution in [0.3, 0.4) is 0 Å². The van der Waals surface area contributed by atoms with Gasteiger partial charge in [0.1, 0.15) is 23.4 Å². The van der Waals surface area contributed by atoms with Crippen molar-refractivity contribution in [2.45, 2.75) is 6.04 Å². The molecule has 1 atom stereocenters. The fraction of sp³-hybridized carbons (Fsp3) is 0.0909. The molecule has 1 aromatic heterocycles. The summed E-state index contributed by atoms with van der Waals surface area (Å²) in [5.74, 6) is -2.53. The first-order chi connectivity index (χ1) is 9.56. The number of anilines is 1. The van der Waals surface area contributed by atoms with E-state index in [1.54, 1.807) is 0 Å². The molecule has 3 rings (SSSR count). The Morgan fingerprint density at radius 2 is 2.20 bits per heavy atom. The number of allylic oxidation sites excluding steroid dienone is 1. The average molecular weight is 279 g/mol. The van der Waals surface area contributed by atoms with Crippen molar-refractivity contribution in [2.75, 3.05) is 5.32 Å². The number of benzene rings is 1. The summed E-state index contributed by atoms with van der Waals surface area (Å²) >= 11 is 0. The highest BCUT2D eigenvalue weighted by molar-refractivity contribution is 5.90. The number of aliphatic carboxylic acids is 1. The number of carboxylic acid groups (broad SMARTS) is 1. The second kappa shape index (κ2) is 4.37. The van der Waals surface area contributed by atoms with E-state index in [-0.39, 0.29) is 17.2 Å². The van der Waals surface area contributed by atoms with Gasteiger partial charge in [-0.15, -0.1) is 0 Å². The van der Waals surface area contributed by atoms with Crippen LogP contribution in [0.15, 0.2) is 30.0 Å². The van der Waals surface area contributed by atoms with Crippen LogP contribution < -0.4 is 5.32 Å². The molecule has 0 fully saturated rings. The third kappa shape index (κ3) is 1.88. The zero-order chi connectivity index (χ0) is 14.3. The Morgan fingerprint density at radius 3 is 2.95 bits per heavy atom. The Bertz CT molecular complexity index is 727. The van der Waals surface area contributed by atoms with E-state index in [2.05, 4.69) is 20.8 Å². The summed E-state index contributed by atoms with van der Waals surface area (Å²) in [6.07, 6.45) is 1.21. The van der Waals surface area contributed by atoms with E-state index in [0.717, 1.165) is 18.2 Å². The lowest BCUT2D eigenvalue weighted by atomic mass is 10.0. The Kier molecular flexibility index (Phi) is 2.67. The summed E-state index contributed by atoms with van der Waals surface area (Å²) < 4.78 is 28.3. The number of carbonyl (C=O) groups is 1. The van der Waals surface area contributed by atoms with Crippen molar-refractivity contribution < 1.29 is 18.7 Å². The molecular formula is C11H7F2N5O2. The average Bonchev–Trinajstić information content (AvgIpc) is 2.88. The molecule has 0 amide bonds. The minimum atomic E-state index is -1.25. The number of tetrazole rings is 1. The van der Waals surface area contributed by atoms with Crippen molar-refractivity contribution in [3.8, 4) is 0 Å². The monoisotopic (exact) mass is 279 g/mol. The van der Waals surface area contributed by atoms with Gasteiger partial charge in [0.25, 0.3) is 0 Å². The molecular weight excluding hydrogens is 272 g/mol. The summed E-state index contributed by atoms with van der Waals surface area (Å²) in [6.45, 7) is 0. The van der Waals surface area contributed by atoms with Crippen molar-refractivity contribution >= 4 is 11.9 Å². The van der Waals surface area contributed by atoms with Gasteiger partial charge >= 0.3 is 5.97 Å². The molecule has 0 unspecified atom stereocenters. The molecule has 0 saturated carbocycles. The molecule has 0 aliphatic carbocycles. The summed E-state index contributed by atoms with van der Waals surface area (Å²) in [7, 11) is 0. The number of halogens is 2. The molecule has 1 aromatic carbocycles. The lowest BCUT2D eigenvalue weighted by Gasteiger charge is -2.21. The van der Waals surface area contributed by atoms with E-state index in [0.29, 0.717) is 0 Å². The fourth-order valence-corrected chi connectivity index (χ4v) is 1.94. The van der Waals surface area contributed by atoms with Gasteiger partial charge in [0, 0.05) is 5.56 Å². The number of rotatable bonds is 2. The van der Waals surface area contributed by atoms with Crippen molar-refractivity contribution in [1.82, 2.24) is 20.2 Å². The number of fused-ring (bicyclic) bond motifs is 1. The lowest BCUT2D eigenvalue weighted by molar-refractivity contribution is -0.132. The first kappa shape index (κ1) is 12.2. The third-order valence-corrected chi connectivity index (χ3v) is 2.83. The van der Waals surface area contributed by atoms with Gasteiger partial charge < -0.3 is 10.4 Å². The molecule has 20 heavy (non-hydrogen) atoms. The van der Waals surface area contributed by atoms with Gasteiger partial charge in [0.05, 0.1) is 0 Å². The van der Waals surface area contributed by atoms with Crippen LogP contribution in [0.4, 0.5) is 14.7 Å². The van der Waals surface area contributed by atoms with E-state index in [1.807, 2.05) is 0 Å². The van der Waals surface area contributed by atoms with Gasteiger partial charge in [-0.2, -0.15) is 4.68 Å². The van der Waals surface area contributed by atoms with E-state index in [4.69, 9.17) is 5.11 Å². The zero-order valence-corrected chi connectivity index (χ0v) is 9.79. The molecule has 2 N–H and O–H groups in total. The molecule has 0 radical (unpaired) electrons. The second-order valence-electron chi connectivity index (χ2n) is 4.07. The normalized spacial score (nSPS) is 17.1. The van der Waals surface area contributed by atoms with Gasteiger partial charge in [-0.3, -0.25) is 0 Å². The second-order valence-corrected chi connectivity index (χ2v) is 4.07. The molecule has 102 valence electrons. The van der Waals surface area contributed by atoms with Gasteiger partial charge in [0.15, 0.2) is 0 Å². The molecule has 9 heteroatoms. The molecule has 2 aromatic rings. The van der Waals surface area contributed by atoms with E-state index >= 15 is 0 Å². The summed E-state index contributed by atoms with van der Waals surface area (Å²) in [6, 6.07) is 1.98. The van der Waals surface area contributed by atoms with E-state index < -0.39 is 23.6 Å². The molecule has 2 heterocycles. The summed E-state index contributed by atoms with van der Waals surface area (Å²) in [4.78, 5) is 11.0. The predicted octanol–water partition coefficient (Wildman–Crippen LogP) is 0.935. The molecule has 1 aliphatic heterocycles. The zero-order valence-electron chi connectivity index (χ0n) is 9.79. The largest absolute Gasteiger partial charge is 0.477 e. The quantitative estimate of drug-likeness (QED) is 0.849. The van der Waals surface area contributed by atoms with Gasteiger partial charge in [-0.25, -0.2) is 13.6 Å². The number of aromatic nitrogens is 4. The molecule has 0 bridgehead atoms. The Hall–Kier alpha value is -2.84. The van der Waals surface area contributed by atoms with Crippen LogP contribution in [0.5, 0.6) is 0 Å². The minimum absolute atomic E-state index is 0.0403. The maximum absolute atomic E-state index is 13.8. The highest BCUT2D eigenvalue weighted by Crippen LogP contribution is 2.29. The Morgan fingerprint density at radius 1 is 1.40 bits per heavy atom. The summed E-state index contributed by atoms with van der Waals surface area (Å²) in [5.41, 5.74) is -0.264. The predicted molar refractivity (Wildman–Crippen MR) is 61.7 cm³/mol. The smallest absolute Gasteiger partial charge is 0.352 e. The maximum atomic E-state index is 13.8. The van der Waals surface area contributed by atoms with Crippen molar-refractivity contribution in [3.05, 3.63) is 47.2 Å². The maximum Gasteiger partial charge on any atom is 0.352 e. The number of carboxylic acids is 1. The highest BCUT2D eigenvalue weighted by Gasteiger charge is 2.28. The van der Waals surface area contributed by atoms with Crippen LogP contribution >= 0.6 is 0 Å². The SMILES string of the molecule is O=C(O)C1=C[C@H](c2cc(F)ccc2F)n2nnnc2N1. The summed E-state index contributed by atoms with van der Waals surface area (Å²) in [5, 5.41) is 22.1. The van der Waals surface area contributed by atoms with E-state index in [1.165, 1.54) is 10.8 Å². The van der Waals surface area contributed by atoms with Crippen molar-refractivity contribution in [2.24, 2.45) is 0 Å². The third-order valence-electron chi connectivity index (χ3n) is 2.83.